The Balaban J connectivity index is 1.52. The van der Waals surface area contributed by atoms with E-state index in [-0.39, 0.29) is 0 Å². The number of benzene rings is 1. The molecule has 0 aliphatic rings. The molecule has 0 fully saturated rings. The van der Waals surface area contributed by atoms with Gasteiger partial charge in [-0.1, -0.05) is 36.0 Å². The van der Waals surface area contributed by atoms with E-state index in [0.29, 0.717) is 13.2 Å². The van der Waals surface area contributed by atoms with E-state index >= 15 is 0 Å². The van der Waals surface area contributed by atoms with Crippen LogP contribution in [0.5, 0.6) is 5.75 Å². The maximum atomic E-state index is 5.91. The zero-order chi connectivity index (χ0) is 16.1. The number of ether oxygens (including phenoxy) is 1. The number of para-hydroxylation sites is 1. The van der Waals surface area contributed by atoms with E-state index < -0.39 is 0 Å². The van der Waals surface area contributed by atoms with Crippen molar-refractivity contribution in [2.24, 2.45) is 0 Å². The van der Waals surface area contributed by atoms with Crippen molar-refractivity contribution < 1.29 is 4.74 Å². The number of aryl methyl sites for hydroxylation is 2. The number of nitrogens with zero attached hydrogens (tertiary/aromatic N) is 4. The van der Waals surface area contributed by atoms with Crippen LogP contribution in [0.1, 0.15) is 16.0 Å². The molecule has 0 aliphatic heterocycles. The first-order valence-corrected chi connectivity index (χ1v) is 9.21. The first kappa shape index (κ1) is 16.0. The molecule has 7 heteroatoms. The second-order valence-electron chi connectivity index (χ2n) is 5.12. The lowest BCUT2D eigenvalue weighted by Crippen LogP contribution is -2.06. The molecule has 0 atom stereocenters. The summed E-state index contributed by atoms with van der Waals surface area (Å²) in [6.07, 6.45) is 0. The molecule has 0 saturated carbocycles. The number of rotatable bonds is 7. The number of hydrogen-bond acceptors (Lipinski definition) is 6. The van der Waals surface area contributed by atoms with E-state index in [0.717, 1.165) is 27.8 Å². The van der Waals surface area contributed by atoms with Gasteiger partial charge in [-0.3, -0.25) is 0 Å². The molecular weight excluding hydrogens is 328 g/mol. The Hall–Kier alpha value is -1.86. The minimum atomic E-state index is 0.627. The third-order valence-electron chi connectivity index (χ3n) is 3.35. The molecule has 0 unspecified atom stereocenters. The maximum absolute atomic E-state index is 5.91. The lowest BCUT2D eigenvalue weighted by atomic mass is 10.1. The van der Waals surface area contributed by atoms with E-state index in [1.165, 1.54) is 4.88 Å². The van der Waals surface area contributed by atoms with Gasteiger partial charge in [-0.05, 0) is 46.8 Å². The van der Waals surface area contributed by atoms with E-state index in [1.54, 1.807) is 23.1 Å². The van der Waals surface area contributed by atoms with Gasteiger partial charge in [0, 0.05) is 10.6 Å². The largest absolute Gasteiger partial charge is 0.492 e. The predicted molar refractivity (Wildman–Crippen MR) is 93.4 cm³/mol. The van der Waals surface area contributed by atoms with Crippen molar-refractivity contribution in [2.75, 3.05) is 12.4 Å². The molecule has 3 rings (SSSR count). The Morgan fingerprint density at radius 2 is 2.00 bits per heavy atom. The number of hydrogen-bond donors (Lipinski definition) is 0. The van der Waals surface area contributed by atoms with Crippen LogP contribution in [-0.4, -0.2) is 32.6 Å². The van der Waals surface area contributed by atoms with Gasteiger partial charge in [0.25, 0.3) is 0 Å². The molecular formula is C16H18N4OS2. The Bertz CT molecular complexity index is 735. The molecule has 0 saturated heterocycles. The van der Waals surface area contributed by atoms with Crippen LogP contribution in [-0.2, 0) is 6.54 Å². The average molecular weight is 346 g/mol. The van der Waals surface area contributed by atoms with Crippen molar-refractivity contribution >= 4 is 23.1 Å². The fourth-order valence-electron chi connectivity index (χ4n) is 2.25. The van der Waals surface area contributed by atoms with Crippen molar-refractivity contribution in [1.82, 2.24) is 20.2 Å². The summed E-state index contributed by atoms with van der Waals surface area (Å²) >= 11 is 3.32. The minimum absolute atomic E-state index is 0.627. The lowest BCUT2D eigenvalue weighted by molar-refractivity contribution is 0.339. The summed E-state index contributed by atoms with van der Waals surface area (Å²) in [5, 5.41) is 14.8. The van der Waals surface area contributed by atoms with Crippen LogP contribution < -0.4 is 4.74 Å². The van der Waals surface area contributed by atoms with Crippen molar-refractivity contribution in [2.45, 2.75) is 25.5 Å². The summed E-state index contributed by atoms with van der Waals surface area (Å²) in [6, 6.07) is 10.3. The van der Waals surface area contributed by atoms with Crippen molar-refractivity contribution in [3.63, 3.8) is 0 Å². The molecule has 0 spiro atoms. The van der Waals surface area contributed by atoms with Crippen LogP contribution in [0.3, 0.4) is 0 Å². The van der Waals surface area contributed by atoms with E-state index in [4.69, 9.17) is 4.74 Å². The maximum Gasteiger partial charge on any atom is 0.209 e. The Morgan fingerprint density at radius 3 is 2.74 bits per heavy atom. The molecule has 23 heavy (non-hydrogen) atoms. The Morgan fingerprint density at radius 1 is 1.17 bits per heavy atom. The van der Waals surface area contributed by atoms with Gasteiger partial charge in [0.1, 0.15) is 5.75 Å². The van der Waals surface area contributed by atoms with E-state index in [9.17, 15) is 0 Å². The molecule has 2 aromatic heterocycles. The van der Waals surface area contributed by atoms with Crippen LogP contribution in [0.25, 0.3) is 0 Å². The summed E-state index contributed by atoms with van der Waals surface area (Å²) in [5.41, 5.74) is 2.33. The fourth-order valence-corrected chi connectivity index (χ4v) is 3.63. The Labute approximate surface area is 143 Å². The SMILES string of the molecule is Cc1cccc(C)c1OCCSc1nnnn1Cc1cccs1. The van der Waals surface area contributed by atoms with Crippen LogP contribution in [0.15, 0.2) is 40.9 Å². The predicted octanol–water partition coefficient (Wildman–Crippen LogP) is 3.57. The third-order valence-corrected chi connectivity index (χ3v) is 5.14. The van der Waals surface area contributed by atoms with Gasteiger partial charge >= 0.3 is 0 Å². The minimum Gasteiger partial charge on any atom is -0.492 e. The summed E-state index contributed by atoms with van der Waals surface area (Å²) in [4.78, 5) is 1.24. The van der Waals surface area contributed by atoms with Gasteiger partial charge in [0.05, 0.1) is 13.2 Å². The van der Waals surface area contributed by atoms with E-state index in [1.807, 2.05) is 16.8 Å². The Kier molecular flexibility index (Phi) is 5.30. The van der Waals surface area contributed by atoms with Crippen molar-refractivity contribution in [3.05, 3.63) is 51.7 Å². The molecule has 2 heterocycles. The summed E-state index contributed by atoms with van der Waals surface area (Å²) in [7, 11) is 0. The standard InChI is InChI=1S/C16H18N4OS2/c1-12-5-3-6-13(2)15(12)21-8-10-23-16-17-18-19-20(16)11-14-7-4-9-22-14/h3-7,9H,8,10-11H2,1-2H3. The zero-order valence-corrected chi connectivity index (χ0v) is 14.7. The van der Waals surface area contributed by atoms with Gasteiger partial charge in [0.15, 0.2) is 0 Å². The topological polar surface area (TPSA) is 52.8 Å². The summed E-state index contributed by atoms with van der Waals surface area (Å²) in [6.45, 7) is 5.47. The summed E-state index contributed by atoms with van der Waals surface area (Å²) in [5.74, 6) is 1.78. The third kappa shape index (κ3) is 4.11. The highest BCUT2D eigenvalue weighted by molar-refractivity contribution is 7.99. The monoisotopic (exact) mass is 346 g/mol. The number of tetrazole rings is 1. The van der Waals surface area contributed by atoms with Gasteiger partial charge in [-0.15, -0.1) is 16.4 Å². The molecule has 0 bridgehead atoms. The molecule has 0 N–H and O–H groups in total. The van der Waals surface area contributed by atoms with Gasteiger partial charge in [0.2, 0.25) is 5.16 Å². The first-order valence-electron chi connectivity index (χ1n) is 7.34. The highest BCUT2D eigenvalue weighted by atomic mass is 32.2. The summed E-state index contributed by atoms with van der Waals surface area (Å²) < 4.78 is 7.74. The molecule has 1 aromatic carbocycles. The first-order chi connectivity index (χ1) is 11.2. The fraction of sp³-hybridized carbons (Fsp3) is 0.312. The number of aromatic nitrogens is 4. The van der Waals surface area contributed by atoms with Gasteiger partial charge in [-0.25, -0.2) is 4.68 Å². The molecule has 5 nitrogen and oxygen atoms in total. The van der Waals surface area contributed by atoms with Gasteiger partial charge in [-0.2, -0.15) is 0 Å². The average Bonchev–Trinajstić information content (AvgIpc) is 3.19. The van der Waals surface area contributed by atoms with Gasteiger partial charge < -0.3 is 4.74 Å². The van der Waals surface area contributed by atoms with Crippen molar-refractivity contribution in [3.8, 4) is 5.75 Å². The van der Waals surface area contributed by atoms with E-state index in [2.05, 4.69) is 53.0 Å². The second kappa shape index (κ2) is 7.61. The van der Waals surface area contributed by atoms with Crippen LogP contribution in [0.4, 0.5) is 0 Å². The highest BCUT2D eigenvalue weighted by Gasteiger charge is 2.09. The van der Waals surface area contributed by atoms with Crippen molar-refractivity contribution in [1.29, 1.82) is 0 Å². The smallest absolute Gasteiger partial charge is 0.209 e. The highest BCUT2D eigenvalue weighted by Crippen LogP contribution is 2.23. The number of thioether (sulfide) groups is 1. The second-order valence-corrected chi connectivity index (χ2v) is 7.21. The van der Waals surface area contributed by atoms with Crippen LogP contribution in [0.2, 0.25) is 0 Å². The zero-order valence-electron chi connectivity index (χ0n) is 13.1. The van der Waals surface area contributed by atoms with Crippen LogP contribution >= 0.6 is 23.1 Å². The molecule has 0 radical (unpaired) electrons. The molecule has 0 aliphatic carbocycles. The normalized spacial score (nSPS) is 10.9. The number of thiophene rings is 1. The molecule has 120 valence electrons. The quantitative estimate of drug-likeness (QED) is 0.483. The molecule has 0 amide bonds. The molecule has 3 aromatic rings. The lowest BCUT2D eigenvalue weighted by Gasteiger charge is -2.11. The van der Waals surface area contributed by atoms with Crippen LogP contribution in [0, 0.1) is 13.8 Å².